The van der Waals surface area contributed by atoms with Crippen molar-refractivity contribution in [2.24, 2.45) is 0 Å². The van der Waals surface area contributed by atoms with Crippen LogP contribution in [0, 0.1) is 0 Å². The van der Waals surface area contributed by atoms with Crippen molar-refractivity contribution in [3.8, 4) is 11.6 Å². The van der Waals surface area contributed by atoms with Crippen LogP contribution in [0.5, 0.6) is 11.6 Å². The van der Waals surface area contributed by atoms with E-state index in [0.717, 1.165) is 11.0 Å². The summed E-state index contributed by atoms with van der Waals surface area (Å²) in [5.41, 5.74) is 0.400. The normalized spacial score (nSPS) is 10.4. The van der Waals surface area contributed by atoms with Gasteiger partial charge < -0.3 is 20.1 Å². The first-order chi connectivity index (χ1) is 11.7. The first kappa shape index (κ1) is 18.4. The smallest absolute Gasteiger partial charge is 0.256 e. The maximum atomic E-state index is 12.3. The molecule has 2 rings (SSSR count). The van der Waals surface area contributed by atoms with Crippen molar-refractivity contribution in [3.63, 3.8) is 0 Å². The van der Waals surface area contributed by atoms with Crippen LogP contribution in [0.4, 0.5) is 0 Å². The van der Waals surface area contributed by atoms with E-state index in [9.17, 15) is 4.79 Å². The van der Waals surface area contributed by atoms with Gasteiger partial charge in [0.15, 0.2) is 0 Å². The molecule has 0 radical (unpaired) electrons. The number of nitrogens with one attached hydrogen (secondary N) is 2. The third kappa shape index (κ3) is 5.92. The number of hydrogen-bond acceptors (Lipinski definition) is 5. The van der Waals surface area contributed by atoms with Crippen LogP contribution in [-0.2, 0) is 4.74 Å². The lowest BCUT2D eigenvalue weighted by Crippen LogP contribution is -2.33. The Morgan fingerprint density at radius 2 is 1.96 bits per heavy atom. The fraction of sp³-hybridized carbons (Fsp3) is 0.294. The van der Waals surface area contributed by atoms with Gasteiger partial charge in [-0.1, -0.05) is 15.9 Å². The molecule has 24 heavy (non-hydrogen) atoms. The van der Waals surface area contributed by atoms with E-state index >= 15 is 0 Å². The molecule has 0 aliphatic heterocycles. The molecular formula is C17H20BrN3O3. The summed E-state index contributed by atoms with van der Waals surface area (Å²) in [6.07, 6.45) is 1.59. The van der Waals surface area contributed by atoms with Gasteiger partial charge >= 0.3 is 0 Å². The van der Waals surface area contributed by atoms with Gasteiger partial charge in [-0.05, 0) is 36.4 Å². The molecule has 1 aromatic carbocycles. The largest absolute Gasteiger partial charge is 0.438 e. The SMILES string of the molecule is COCCNCCNC(=O)c1cccnc1Oc1ccc(Br)cc1. The van der Waals surface area contributed by atoms with Gasteiger partial charge in [0.1, 0.15) is 11.3 Å². The number of hydrogen-bond donors (Lipinski definition) is 2. The van der Waals surface area contributed by atoms with Gasteiger partial charge in [-0.25, -0.2) is 4.98 Å². The van der Waals surface area contributed by atoms with Crippen molar-refractivity contribution in [2.75, 3.05) is 33.4 Å². The van der Waals surface area contributed by atoms with Crippen molar-refractivity contribution in [1.29, 1.82) is 0 Å². The zero-order valence-electron chi connectivity index (χ0n) is 13.4. The molecule has 1 heterocycles. The highest BCUT2D eigenvalue weighted by Gasteiger charge is 2.13. The maximum absolute atomic E-state index is 12.3. The third-order valence-electron chi connectivity index (χ3n) is 3.11. The quantitative estimate of drug-likeness (QED) is 0.640. The summed E-state index contributed by atoms with van der Waals surface area (Å²) in [5, 5.41) is 6.00. The van der Waals surface area contributed by atoms with Gasteiger partial charge in [-0.2, -0.15) is 0 Å². The first-order valence-corrected chi connectivity index (χ1v) is 8.36. The predicted octanol–water partition coefficient (Wildman–Crippen LogP) is 2.60. The molecule has 0 aliphatic rings. The van der Waals surface area contributed by atoms with Crippen molar-refractivity contribution < 1.29 is 14.3 Å². The Kier molecular flexibility index (Phi) is 7.67. The molecule has 0 saturated carbocycles. The predicted molar refractivity (Wildman–Crippen MR) is 95.5 cm³/mol. The Morgan fingerprint density at radius 1 is 1.17 bits per heavy atom. The van der Waals surface area contributed by atoms with E-state index in [1.54, 1.807) is 37.6 Å². The lowest BCUT2D eigenvalue weighted by Gasteiger charge is -2.10. The fourth-order valence-corrected chi connectivity index (χ4v) is 2.18. The second-order valence-electron chi connectivity index (χ2n) is 4.91. The minimum Gasteiger partial charge on any atom is -0.438 e. The molecule has 0 bridgehead atoms. The van der Waals surface area contributed by atoms with E-state index in [1.165, 1.54) is 0 Å². The molecule has 2 aromatic rings. The molecule has 0 fully saturated rings. The van der Waals surface area contributed by atoms with Crippen molar-refractivity contribution in [2.45, 2.75) is 0 Å². The summed E-state index contributed by atoms with van der Waals surface area (Å²) in [7, 11) is 1.65. The summed E-state index contributed by atoms with van der Waals surface area (Å²) >= 11 is 3.37. The fourth-order valence-electron chi connectivity index (χ4n) is 1.92. The van der Waals surface area contributed by atoms with Crippen LogP contribution in [0.15, 0.2) is 47.1 Å². The highest BCUT2D eigenvalue weighted by atomic mass is 79.9. The number of ether oxygens (including phenoxy) is 2. The average Bonchev–Trinajstić information content (AvgIpc) is 2.60. The Hall–Kier alpha value is -1.96. The minimum atomic E-state index is -0.219. The number of nitrogens with zero attached hydrogens (tertiary/aromatic N) is 1. The molecule has 0 atom stereocenters. The first-order valence-electron chi connectivity index (χ1n) is 7.57. The molecule has 128 valence electrons. The summed E-state index contributed by atoms with van der Waals surface area (Å²) in [5.74, 6) is 0.681. The molecule has 0 saturated heterocycles. The summed E-state index contributed by atoms with van der Waals surface area (Å²) in [6.45, 7) is 2.56. The number of carbonyl (C=O) groups is 1. The molecule has 2 N–H and O–H groups in total. The van der Waals surface area contributed by atoms with Gasteiger partial charge in [-0.3, -0.25) is 4.79 Å². The zero-order chi connectivity index (χ0) is 17.2. The highest BCUT2D eigenvalue weighted by molar-refractivity contribution is 9.10. The van der Waals surface area contributed by atoms with Crippen LogP contribution in [0.3, 0.4) is 0 Å². The maximum Gasteiger partial charge on any atom is 0.256 e. The molecule has 0 unspecified atom stereocenters. The van der Waals surface area contributed by atoms with E-state index < -0.39 is 0 Å². The minimum absolute atomic E-state index is 0.219. The Morgan fingerprint density at radius 3 is 2.71 bits per heavy atom. The van der Waals surface area contributed by atoms with Gasteiger partial charge in [0.2, 0.25) is 5.88 Å². The van der Waals surface area contributed by atoms with Crippen LogP contribution in [0.25, 0.3) is 0 Å². The molecular weight excluding hydrogens is 374 g/mol. The third-order valence-corrected chi connectivity index (χ3v) is 3.64. The van der Waals surface area contributed by atoms with E-state index in [2.05, 4.69) is 31.5 Å². The topological polar surface area (TPSA) is 72.5 Å². The number of halogens is 1. The van der Waals surface area contributed by atoms with E-state index in [4.69, 9.17) is 9.47 Å². The number of rotatable bonds is 9. The molecule has 7 heteroatoms. The van der Waals surface area contributed by atoms with Crippen molar-refractivity contribution >= 4 is 21.8 Å². The zero-order valence-corrected chi connectivity index (χ0v) is 15.0. The molecule has 0 spiro atoms. The monoisotopic (exact) mass is 393 g/mol. The van der Waals surface area contributed by atoms with Crippen molar-refractivity contribution in [1.82, 2.24) is 15.6 Å². The molecule has 1 amide bonds. The number of aromatic nitrogens is 1. The van der Waals surface area contributed by atoms with Crippen molar-refractivity contribution in [3.05, 3.63) is 52.6 Å². The van der Waals surface area contributed by atoms with E-state index in [0.29, 0.717) is 31.0 Å². The van der Waals surface area contributed by atoms with E-state index in [-0.39, 0.29) is 11.8 Å². The highest BCUT2D eigenvalue weighted by Crippen LogP contribution is 2.24. The van der Waals surface area contributed by atoms with Crippen LogP contribution >= 0.6 is 15.9 Å². The van der Waals surface area contributed by atoms with Crippen LogP contribution in [0.1, 0.15) is 10.4 Å². The number of methoxy groups -OCH3 is 1. The second-order valence-corrected chi connectivity index (χ2v) is 5.83. The van der Waals surface area contributed by atoms with Gasteiger partial charge in [0, 0.05) is 37.4 Å². The summed E-state index contributed by atoms with van der Waals surface area (Å²) in [6, 6.07) is 10.7. The average molecular weight is 394 g/mol. The van der Waals surface area contributed by atoms with Gasteiger partial charge in [0.05, 0.1) is 6.61 Å². The van der Waals surface area contributed by atoms with Gasteiger partial charge in [-0.15, -0.1) is 0 Å². The molecule has 0 aliphatic carbocycles. The second kappa shape index (κ2) is 10.0. The Balaban J connectivity index is 1.92. The number of amides is 1. The lowest BCUT2D eigenvalue weighted by molar-refractivity contribution is 0.0950. The number of carbonyl (C=O) groups excluding carboxylic acids is 1. The van der Waals surface area contributed by atoms with Crippen LogP contribution < -0.4 is 15.4 Å². The van der Waals surface area contributed by atoms with E-state index in [1.807, 2.05) is 12.1 Å². The summed E-state index contributed by atoms with van der Waals surface area (Å²) < 4.78 is 11.6. The Bertz CT molecular complexity index is 650. The van der Waals surface area contributed by atoms with Crippen LogP contribution in [0.2, 0.25) is 0 Å². The number of pyridine rings is 1. The summed E-state index contributed by atoms with van der Waals surface area (Å²) in [4.78, 5) is 16.5. The number of benzene rings is 1. The Labute approximate surface area is 149 Å². The van der Waals surface area contributed by atoms with Gasteiger partial charge in [0.25, 0.3) is 5.91 Å². The molecule has 6 nitrogen and oxygen atoms in total. The standard InChI is InChI=1S/C17H20BrN3O3/c1-23-12-11-19-9-10-20-16(22)15-3-2-8-21-17(15)24-14-6-4-13(18)5-7-14/h2-8,19H,9-12H2,1H3,(H,20,22). The van der Waals surface area contributed by atoms with Crippen LogP contribution in [-0.4, -0.2) is 44.2 Å². The molecule has 1 aromatic heterocycles. The lowest BCUT2D eigenvalue weighted by atomic mass is 10.2.